The van der Waals surface area contributed by atoms with E-state index in [0.717, 1.165) is 18.0 Å². The molecule has 0 spiro atoms. The fourth-order valence-corrected chi connectivity index (χ4v) is 2.23. The summed E-state index contributed by atoms with van der Waals surface area (Å²) in [5, 5.41) is 4.80. The molecule has 0 aliphatic heterocycles. The highest BCUT2D eigenvalue weighted by molar-refractivity contribution is 6.31. The third-order valence-electron chi connectivity index (χ3n) is 2.92. The second-order valence-electron chi connectivity index (χ2n) is 4.25. The number of hydrogen-bond donors (Lipinski definition) is 1. The lowest BCUT2D eigenvalue weighted by Gasteiger charge is -2.14. The number of halogens is 1. The average Bonchev–Trinajstić information content (AvgIpc) is 2.81. The molecule has 2 rings (SSSR count). The highest BCUT2D eigenvalue weighted by Crippen LogP contribution is 2.23. The van der Waals surface area contributed by atoms with Crippen LogP contribution in [0.1, 0.15) is 25.1 Å². The summed E-state index contributed by atoms with van der Waals surface area (Å²) in [6.45, 7) is 3.33. The van der Waals surface area contributed by atoms with Gasteiger partial charge in [-0.05, 0) is 19.1 Å². The minimum atomic E-state index is -0.168. The van der Waals surface area contributed by atoms with Gasteiger partial charge in [-0.25, -0.2) is 0 Å². The Morgan fingerprint density at radius 1 is 1.37 bits per heavy atom. The Labute approximate surface area is 118 Å². The maximum Gasteiger partial charge on any atom is 0.119 e. The molecule has 0 aliphatic carbocycles. The number of aryl methyl sites for hydroxylation is 1. The van der Waals surface area contributed by atoms with Crippen LogP contribution < -0.4 is 10.5 Å². The molecule has 1 heterocycles. The van der Waals surface area contributed by atoms with E-state index in [0.29, 0.717) is 18.1 Å². The quantitative estimate of drug-likeness (QED) is 0.884. The predicted molar refractivity (Wildman–Crippen MR) is 76.4 cm³/mol. The highest BCUT2D eigenvalue weighted by atomic mass is 35.5. The summed E-state index contributed by atoms with van der Waals surface area (Å²) in [5.41, 5.74) is 7.03. The first kappa shape index (κ1) is 13.9. The van der Waals surface area contributed by atoms with E-state index >= 15 is 0 Å². The van der Waals surface area contributed by atoms with Crippen molar-refractivity contribution in [3.63, 3.8) is 0 Å². The molecule has 0 radical (unpaired) electrons. The zero-order valence-electron chi connectivity index (χ0n) is 10.9. The van der Waals surface area contributed by atoms with Gasteiger partial charge in [0.15, 0.2) is 0 Å². The standard InChI is InChI=1S/C14H18ClN3O/c1-2-18-14(12(15)10-17-18)13(16)8-9-19-11-6-4-3-5-7-11/h3-7,10,13H,2,8-9,16H2,1H3. The van der Waals surface area contributed by atoms with E-state index in [2.05, 4.69) is 5.10 Å². The molecular formula is C14H18ClN3O. The summed E-state index contributed by atoms with van der Waals surface area (Å²) in [6, 6.07) is 9.52. The normalized spacial score (nSPS) is 12.4. The zero-order valence-corrected chi connectivity index (χ0v) is 11.7. The molecule has 4 nitrogen and oxygen atoms in total. The van der Waals surface area contributed by atoms with Crippen molar-refractivity contribution in [3.05, 3.63) is 47.2 Å². The molecule has 2 N–H and O–H groups in total. The van der Waals surface area contributed by atoms with E-state index < -0.39 is 0 Å². The second kappa shape index (κ2) is 6.59. The topological polar surface area (TPSA) is 53.1 Å². The van der Waals surface area contributed by atoms with Crippen LogP contribution in [0.2, 0.25) is 5.02 Å². The molecule has 0 aliphatic rings. The molecule has 1 atom stereocenters. The Balaban J connectivity index is 1.91. The molecule has 1 aromatic carbocycles. The minimum Gasteiger partial charge on any atom is -0.494 e. The molecule has 19 heavy (non-hydrogen) atoms. The Hall–Kier alpha value is -1.52. The maximum atomic E-state index is 6.16. The SMILES string of the molecule is CCn1ncc(Cl)c1C(N)CCOc1ccccc1. The van der Waals surface area contributed by atoms with E-state index in [4.69, 9.17) is 22.1 Å². The van der Waals surface area contributed by atoms with E-state index in [1.54, 1.807) is 6.20 Å². The molecule has 0 fully saturated rings. The third kappa shape index (κ3) is 3.49. The van der Waals surface area contributed by atoms with Gasteiger partial charge in [-0.3, -0.25) is 4.68 Å². The van der Waals surface area contributed by atoms with Crippen molar-refractivity contribution >= 4 is 11.6 Å². The fourth-order valence-electron chi connectivity index (χ4n) is 1.95. The molecule has 0 saturated heterocycles. The Morgan fingerprint density at radius 3 is 2.79 bits per heavy atom. The monoisotopic (exact) mass is 279 g/mol. The zero-order chi connectivity index (χ0) is 13.7. The summed E-state index contributed by atoms with van der Waals surface area (Å²) in [7, 11) is 0. The minimum absolute atomic E-state index is 0.168. The maximum absolute atomic E-state index is 6.16. The van der Waals surface area contributed by atoms with E-state index in [9.17, 15) is 0 Å². The number of benzene rings is 1. The molecule has 1 aromatic heterocycles. The van der Waals surface area contributed by atoms with Crippen molar-refractivity contribution in [3.8, 4) is 5.75 Å². The van der Waals surface area contributed by atoms with Gasteiger partial charge >= 0.3 is 0 Å². The lowest BCUT2D eigenvalue weighted by atomic mass is 10.1. The third-order valence-corrected chi connectivity index (χ3v) is 3.22. The molecule has 2 aromatic rings. The van der Waals surface area contributed by atoms with Crippen LogP contribution in [0.5, 0.6) is 5.75 Å². The average molecular weight is 280 g/mol. The van der Waals surface area contributed by atoms with E-state index in [-0.39, 0.29) is 6.04 Å². The summed E-state index contributed by atoms with van der Waals surface area (Å²) in [4.78, 5) is 0. The number of nitrogens with two attached hydrogens (primary N) is 1. The van der Waals surface area contributed by atoms with Gasteiger partial charge in [0.2, 0.25) is 0 Å². The van der Waals surface area contributed by atoms with Crippen LogP contribution in [-0.4, -0.2) is 16.4 Å². The van der Waals surface area contributed by atoms with E-state index in [1.807, 2.05) is 41.9 Å². The van der Waals surface area contributed by atoms with Crippen LogP contribution in [0.25, 0.3) is 0 Å². The van der Waals surface area contributed by atoms with Gasteiger partial charge < -0.3 is 10.5 Å². The van der Waals surface area contributed by atoms with Crippen molar-refractivity contribution in [2.75, 3.05) is 6.61 Å². The fraction of sp³-hybridized carbons (Fsp3) is 0.357. The van der Waals surface area contributed by atoms with Gasteiger partial charge in [0.1, 0.15) is 5.75 Å². The largest absolute Gasteiger partial charge is 0.494 e. The van der Waals surface area contributed by atoms with Crippen LogP contribution in [0, 0.1) is 0 Å². The van der Waals surface area contributed by atoms with Crippen molar-refractivity contribution < 1.29 is 4.74 Å². The first-order valence-corrected chi connectivity index (χ1v) is 6.74. The first-order chi connectivity index (χ1) is 9.22. The smallest absolute Gasteiger partial charge is 0.119 e. The molecular weight excluding hydrogens is 262 g/mol. The van der Waals surface area contributed by atoms with Crippen LogP contribution >= 0.6 is 11.6 Å². The molecule has 1 unspecified atom stereocenters. The van der Waals surface area contributed by atoms with Crippen molar-refractivity contribution in [2.45, 2.75) is 25.9 Å². The summed E-state index contributed by atoms with van der Waals surface area (Å²) >= 11 is 6.11. The highest BCUT2D eigenvalue weighted by Gasteiger charge is 2.16. The number of hydrogen-bond acceptors (Lipinski definition) is 3. The number of nitrogens with zero attached hydrogens (tertiary/aromatic N) is 2. The Bertz CT molecular complexity index is 513. The van der Waals surface area contributed by atoms with E-state index in [1.165, 1.54) is 0 Å². The van der Waals surface area contributed by atoms with Gasteiger partial charge in [0.25, 0.3) is 0 Å². The van der Waals surface area contributed by atoms with Gasteiger partial charge in [0.05, 0.1) is 29.6 Å². The molecule has 0 amide bonds. The number of aromatic nitrogens is 2. The van der Waals surface area contributed by atoms with Crippen molar-refractivity contribution in [1.29, 1.82) is 0 Å². The predicted octanol–water partition coefficient (Wildman–Crippen LogP) is 3.03. The summed E-state index contributed by atoms with van der Waals surface area (Å²) in [6.07, 6.45) is 2.33. The van der Waals surface area contributed by atoms with Crippen LogP contribution in [-0.2, 0) is 6.54 Å². The lowest BCUT2D eigenvalue weighted by molar-refractivity contribution is 0.295. The molecule has 0 saturated carbocycles. The van der Waals surface area contributed by atoms with Crippen LogP contribution in [0.15, 0.2) is 36.5 Å². The molecule has 0 bridgehead atoms. The summed E-state index contributed by atoms with van der Waals surface area (Å²) in [5.74, 6) is 0.852. The number of para-hydroxylation sites is 1. The number of ether oxygens (including phenoxy) is 1. The molecule has 5 heteroatoms. The first-order valence-electron chi connectivity index (χ1n) is 6.37. The van der Waals surface area contributed by atoms with Gasteiger partial charge in [-0.1, -0.05) is 29.8 Å². The van der Waals surface area contributed by atoms with Crippen molar-refractivity contribution in [2.24, 2.45) is 5.73 Å². The van der Waals surface area contributed by atoms with Crippen molar-refractivity contribution in [1.82, 2.24) is 9.78 Å². The van der Waals surface area contributed by atoms with Gasteiger partial charge in [0, 0.05) is 13.0 Å². The van der Waals surface area contributed by atoms with Crippen LogP contribution in [0.3, 0.4) is 0 Å². The van der Waals surface area contributed by atoms with Gasteiger partial charge in [-0.15, -0.1) is 0 Å². The summed E-state index contributed by atoms with van der Waals surface area (Å²) < 4.78 is 7.46. The lowest BCUT2D eigenvalue weighted by Crippen LogP contribution is -2.19. The Morgan fingerprint density at radius 2 is 2.11 bits per heavy atom. The Kier molecular flexibility index (Phi) is 4.82. The molecule has 102 valence electrons. The van der Waals surface area contributed by atoms with Crippen LogP contribution in [0.4, 0.5) is 0 Å². The number of rotatable bonds is 6. The van der Waals surface area contributed by atoms with Gasteiger partial charge in [-0.2, -0.15) is 5.10 Å². The second-order valence-corrected chi connectivity index (χ2v) is 4.66.